The number of rotatable bonds is 8. The van der Waals surface area contributed by atoms with E-state index in [0.717, 1.165) is 28.2 Å². The number of phenolic OH excluding ortho intramolecular Hbond substituents is 1. The van der Waals surface area contributed by atoms with E-state index >= 15 is 0 Å². The quantitative estimate of drug-likeness (QED) is 0.236. The Morgan fingerprint density at radius 3 is 2.00 bits per heavy atom. The Morgan fingerprint density at radius 1 is 0.743 bits per heavy atom. The summed E-state index contributed by atoms with van der Waals surface area (Å²) in [5.74, 6) is 0.174. The van der Waals surface area contributed by atoms with Crippen molar-refractivity contribution in [3.63, 3.8) is 0 Å². The Hall–Kier alpha value is -4.39. The van der Waals surface area contributed by atoms with Crippen molar-refractivity contribution in [2.75, 3.05) is 19.0 Å². The lowest BCUT2D eigenvalue weighted by Gasteiger charge is -2.11. The van der Waals surface area contributed by atoms with E-state index in [9.17, 15) is 5.11 Å². The van der Waals surface area contributed by atoms with Crippen LogP contribution >= 0.6 is 0 Å². The molecule has 35 heavy (non-hydrogen) atoms. The van der Waals surface area contributed by atoms with Crippen molar-refractivity contribution in [1.29, 1.82) is 0 Å². The van der Waals surface area contributed by atoms with Crippen molar-refractivity contribution < 1.29 is 9.67 Å². The molecule has 4 rings (SSSR count). The molecule has 0 aliphatic carbocycles. The number of aromatic hydroxyl groups is 1. The summed E-state index contributed by atoms with van der Waals surface area (Å²) in [6.45, 7) is 0.430. The van der Waals surface area contributed by atoms with Gasteiger partial charge in [0.05, 0.1) is 23.6 Å². The van der Waals surface area contributed by atoms with Gasteiger partial charge in [0.1, 0.15) is 12.8 Å². The lowest BCUT2D eigenvalue weighted by molar-refractivity contribution is -0.671. The monoisotopic (exact) mass is 465 g/mol. The van der Waals surface area contributed by atoms with Gasteiger partial charge in [-0.25, -0.2) is 4.57 Å². The third-order valence-corrected chi connectivity index (χ3v) is 5.53. The minimum absolute atomic E-state index is 0.174. The van der Waals surface area contributed by atoms with Gasteiger partial charge in [0.2, 0.25) is 0 Å². The molecule has 0 aliphatic rings. The van der Waals surface area contributed by atoms with Crippen LogP contribution < -0.4 is 9.47 Å². The van der Waals surface area contributed by atoms with Crippen LogP contribution in [0.4, 0.5) is 22.7 Å². The molecule has 176 valence electrons. The van der Waals surface area contributed by atoms with Gasteiger partial charge in [-0.05, 0) is 59.2 Å². The lowest BCUT2D eigenvalue weighted by atomic mass is 10.0. The van der Waals surface area contributed by atoms with Crippen LogP contribution in [0.25, 0.3) is 0 Å². The molecule has 0 fully saturated rings. The van der Waals surface area contributed by atoms with Crippen LogP contribution in [0.1, 0.15) is 16.7 Å². The number of anilines is 1. The molecule has 7 nitrogen and oxygen atoms in total. The van der Waals surface area contributed by atoms with Crippen LogP contribution in [0, 0.1) is 0 Å². The first-order valence-corrected chi connectivity index (χ1v) is 11.4. The normalized spacial score (nSPS) is 11.4. The average Bonchev–Trinajstić information content (AvgIpc) is 2.86. The SMILES string of the molecule is CN(C)c1ccc(N=Nc2ccc(CN=Nc3cc(O)ccc3Cc3cc[n+](C)cc3)cc2)cc1. The molecular formula is C28H29N6O+. The Labute approximate surface area is 205 Å². The summed E-state index contributed by atoms with van der Waals surface area (Å²) in [4.78, 5) is 2.04. The summed E-state index contributed by atoms with van der Waals surface area (Å²) < 4.78 is 2.00. The Kier molecular flexibility index (Phi) is 7.57. The van der Waals surface area contributed by atoms with E-state index in [2.05, 4.69) is 32.6 Å². The van der Waals surface area contributed by atoms with Gasteiger partial charge in [-0.2, -0.15) is 20.5 Å². The zero-order chi connectivity index (χ0) is 24.6. The third kappa shape index (κ3) is 6.80. The number of aromatic nitrogens is 1. The van der Waals surface area contributed by atoms with Crippen LogP contribution in [0.15, 0.2) is 112 Å². The van der Waals surface area contributed by atoms with Crippen molar-refractivity contribution >= 4 is 22.7 Å². The van der Waals surface area contributed by atoms with E-state index in [0.29, 0.717) is 18.7 Å². The summed E-state index contributed by atoms with van der Waals surface area (Å²) in [6, 6.07) is 25.1. The molecular weight excluding hydrogens is 436 g/mol. The molecule has 3 aromatic carbocycles. The zero-order valence-electron chi connectivity index (χ0n) is 20.2. The molecule has 1 heterocycles. The standard InChI is InChI=1S/C28H28N6O/c1-33(2)26-11-9-25(10-12-26)31-30-24-7-4-22(5-8-24)20-29-32-28-19-27(35)13-6-23(28)18-21-14-16-34(3)17-15-21/h4-17,19H,18,20H2,1-3H3/p+1. The molecule has 0 radical (unpaired) electrons. The summed E-state index contributed by atoms with van der Waals surface area (Å²) >= 11 is 0. The largest absolute Gasteiger partial charge is 0.508 e. The van der Waals surface area contributed by atoms with E-state index in [-0.39, 0.29) is 5.75 Å². The zero-order valence-corrected chi connectivity index (χ0v) is 20.2. The van der Waals surface area contributed by atoms with Crippen LogP contribution in [-0.2, 0) is 20.0 Å². The Morgan fingerprint density at radius 2 is 1.37 bits per heavy atom. The topological polar surface area (TPSA) is 76.8 Å². The molecule has 1 aromatic heterocycles. The van der Waals surface area contributed by atoms with Crippen molar-refractivity contribution in [3.8, 4) is 5.75 Å². The number of benzene rings is 3. The first kappa shape index (κ1) is 23.8. The van der Waals surface area contributed by atoms with E-state index in [4.69, 9.17) is 0 Å². The summed E-state index contributed by atoms with van der Waals surface area (Å²) in [7, 11) is 6.00. The molecule has 4 aromatic rings. The fraction of sp³-hybridized carbons (Fsp3) is 0.179. The highest BCUT2D eigenvalue weighted by Crippen LogP contribution is 2.27. The van der Waals surface area contributed by atoms with Crippen LogP contribution in [-0.4, -0.2) is 19.2 Å². The second-order valence-corrected chi connectivity index (χ2v) is 8.54. The number of hydrogen-bond acceptors (Lipinski definition) is 6. The summed E-state index contributed by atoms with van der Waals surface area (Å²) in [5, 5.41) is 27.3. The van der Waals surface area contributed by atoms with Gasteiger partial charge in [-0.3, -0.25) is 0 Å². The summed E-state index contributed by atoms with van der Waals surface area (Å²) in [5.41, 5.74) is 6.56. The van der Waals surface area contributed by atoms with Crippen LogP contribution in [0.5, 0.6) is 5.75 Å². The van der Waals surface area contributed by atoms with Crippen molar-refractivity contribution in [1.82, 2.24) is 0 Å². The highest BCUT2D eigenvalue weighted by Gasteiger charge is 2.06. The predicted octanol–water partition coefficient (Wildman–Crippen LogP) is 6.57. The number of azo groups is 2. The second kappa shape index (κ2) is 11.2. The van der Waals surface area contributed by atoms with Crippen LogP contribution in [0.3, 0.4) is 0 Å². The minimum atomic E-state index is 0.174. The van der Waals surface area contributed by atoms with E-state index in [1.165, 1.54) is 5.56 Å². The van der Waals surface area contributed by atoms with E-state index < -0.39 is 0 Å². The molecule has 0 unspecified atom stereocenters. The maximum atomic E-state index is 9.93. The number of pyridine rings is 1. The fourth-order valence-corrected chi connectivity index (χ4v) is 3.46. The molecule has 0 saturated carbocycles. The minimum Gasteiger partial charge on any atom is -0.508 e. The van der Waals surface area contributed by atoms with Crippen LogP contribution in [0.2, 0.25) is 0 Å². The highest BCUT2D eigenvalue weighted by atomic mass is 16.3. The second-order valence-electron chi connectivity index (χ2n) is 8.54. The van der Waals surface area contributed by atoms with Crippen molar-refractivity contribution in [2.24, 2.45) is 27.5 Å². The van der Waals surface area contributed by atoms with Gasteiger partial charge in [-0.1, -0.05) is 18.2 Å². The fourth-order valence-electron chi connectivity index (χ4n) is 3.46. The van der Waals surface area contributed by atoms with E-state index in [1.54, 1.807) is 12.1 Å². The number of phenols is 1. The van der Waals surface area contributed by atoms with Gasteiger partial charge in [0.25, 0.3) is 0 Å². The highest BCUT2D eigenvalue weighted by molar-refractivity contribution is 5.52. The summed E-state index contributed by atoms with van der Waals surface area (Å²) in [6.07, 6.45) is 4.74. The van der Waals surface area contributed by atoms with E-state index in [1.807, 2.05) is 97.6 Å². The van der Waals surface area contributed by atoms with Crippen molar-refractivity contribution in [3.05, 3.63) is 108 Å². The molecule has 0 atom stereocenters. The third-order valence-electron chi connectivity index (χ3n) is 5.53. The van der Waals surface area contributed by atoms with Gasteiger partial charge in [-0.15, -0.1) is 0 Å². The lowest BCUT2D eigenvalue weighted by Crippen LogP contribution is -2.25. The molecule has 0 saturated heterocycles. The molecule has 7 heteroatoms. The van der Waals surface area contributed by atoms with Gasteiger partial charge < -0.3 is 10.0 Å². The first-order valence-electron chi connectivity index (χ1n) is 11.4. The smallest absolute Gasteiger partial charge is 0.168 e. The average molecular weight is 466 g/mol. The number of aryl methyl sites for hydroxylation is 1. The predicted molar refractivity (Wildman–Crippen MR) is 138 cm³/mol. The molecule has 0 amide bonds. The Bertz CT molecular complexity index is 1310. The molecule has 0 bridgehead atoms. The first-order chi connectivity index (χ1) is 17.0. The molecule has 0 aliphatic heterocycles. The maximum absolute atomic E-state index is 9.93. The number of hydrogen-bond donors (Lipinski definition) is 1. The van der Waals surface area contributed by atoms with Crippen molar-refractivity contribution in [2.45, 2.75) is 13.0 Å². The van der Waals surface area contributed by atoms with Gasteiger partial charge >= 0.3 is 0 Å². The molecule has 1 N–H and O–H groups in total. The Balaban J connectivity index is 1.39. The number of nitrogens with zero attached hydrogens (tertiary/aromatic N) is 6. The molecule has 0 spiro atoms. The van der Waals surface area contributed by atoms with Gasteiger partial charge in [0, 0.05) is 44.4 Å². The maximum Gasteiger partial charge on any atom is 0.168 e. The van der Waals surface area contributed by atoms with Gasteiger partial charge in [0.15, 0.2) is 12.4 Å².